The molecule has 0 N–H and O–H groups in total. The van der Waals surface area contributed by atoms with Gasteiger partial charge >= 0.3 is 0 Å². The Balaban J connectivity index is 0.996. The van der Waals surface area contributed by atoms with Crippen molar-refractivity contribution in [1.29, 1.82) is 0 Å². The lowest BCUT2D eigenvalue weighted by Crippen LogP contribution is -2.30. The van der Waals surface area contributed by atoms with E-state index in [0.29, 0.717) is 17.6 Å². The maximum absolute atomic E-state index is 5.23. The van der Waals surface area contributed by atoms with E-state index in [4.69, 9.17) is 19.9 Å². The number of aromatic nitrogens is 5. The zero-order chi connectivity index (χ0) is 41.0. The van der Waals surface area contributed by atoms with Crippen LogP contribution in [0.15, 0.2) is 218 Å². The summed E-state index contributed by atoms with van der Waals surface area (Å²) in [6, 6.07) is 67.9. The zero-order valence-corrected chi connectivity index (χ0v) is 33.6. The van der Waals surface area contributed by atoms with E-state index in [9.17, 15) is 0 Å². The van der Waals surface area contributed by atoms with Crippen molar-refractivity contribution in [1.82, 2.24) is 24.5 Å². The molecular formula is C56H38N6. The number of hydrogen-bond acceptors (Lipinski definition) is 5. The molecule has 2 unspecified atom stereocenters. The van der Waals surface area contributed by atoms with Gasteiger partial charge in [-0.15, -0.1) is 0 Å². The number of anilines is 2. The standard InChI is InChI=1S/C56H38N6/c1-4-17-37(18-5-1)40-23-14-24-41(35-40)46-29-16-30-47(57-46)42-25-15-26-43(36-42)61-48-31-12-10-27-44(48)52-50(61)33-34-51-53(52)45-28-11-13-32-49(45)62(51)56-59-54(38-19-6-2-7-20-38)58-55(60-56)39-21-8-3-9-22-39/h1-36,45,49H. The maximum atomic E-state index is 5.23. The molecule has 6 heteroatoms. The summed E-state index contributed by atoms with van der Waals surface area (Å²) in [7, 11) is 0. The van der Waals surface area contributed by atoms with Crippen molar-refractivity contribution in [3.8, 4) is 62.1 Å². The van der Waals surface area contributed by atoms with E-state index in [2.05, 4.69) is 191 Å². The molecule has 2 aliphatic rings. The minimum absolute atomic E-state index is 0.0209. The Kier molecular flexibility index (Phi) is 8.52. The van der Waals surface area contributed by atoms with E-state index in [1.807, 2.05) is 36.4 Å². The van der Waals surface area contributed by atoms with E-state index >= 15 is 0 Å². The first-order valence-corrected chi connectivity index (χ1v) is 21.1. The Morgan fingerprint density at radius 1 is 0.403 bits per heavy atom. The highest BCUT2D eigenvalue weighted by molar-refractivity contribution is 6.13. The Morgan fingerprint density at radius 3 is 1.71 bits per heavy atom. The molecule has 6 nitrogen and oxygen atoms in total. The van der Waals surface area contributed by atoms with Gasteiger partial charge in [0.05, 0.1) is 28.5 Å². The van der Waals surface area contributed by atoms with E-state index in [1.54, 1.807) is 0 Å². The predicted octanol–water partition coefficient (Wildman–Crippen LogP) is 13.4. The molecule has 0 spiro atoms. The van der Waals surface area contributed by atoms with Crippen molar-refractivity contribution in [2.75, 3.05) is 4.90 Å². The number of rotatable bonds is 7. The SMILES string of the molecule is C1=CC2c3c(ccc4c3c3ccccc3n4-c3cccc(-c4cccc(-c5cccc(-c6ccccc6)c5)n4)c3)N(c3nc(-c4ccccc4)nc(-c4ccccc4)n3)C2C=C1. The molecule has 0 amide bonds. The molecular weight excluding hydrogens is 757 g/mol. The first-order valence-electron chi connectivity index (χ1n) is 21.1. The molecule has 292 valence electrons. The Labute approximate surface area is 359 Å². The molecule has 0 saturated heterocycles. The van der Waals surface area contributed by atoms with Crippen molar-refractivity contribution in [3.05, 3.63) is 224 Å². The molecule has 2 atom stereocenters. The number of benzene rings is 7. The highest BCUT2D eigenvalue weighted by atomic mass is 15.3. The lowest BCUT2D eigenvalue weighted by Gasteiger charge is -2.27. The molecule has 62 heavy (non-hydrogen) atoms. The van der Waals surface area contributed by atoms with Crippen molar-refractivity contribution in [2.24, 2.45) is 0 Å². The molecule has 0 saturated carbocycles. The summed E-state index contributed by atoms with van der Waals surface area (Å²) in [5.41, 5.74) is 14.0. The summed E-state index contributed by atoms with van der Waals surface area (Å²) in [6.45, 7) is 0. The van der Waals surface area contributed by atoms with Crippen LogP contribution in [0.1, 0.15) is 11.5 Å². The molecule has 1 aliphatic carbocycles. The minimum atomic E-state index is -0.0209. The van der Waals surface area contributed by atoms with Crippen LogP contribution in [-0.4, -0.2) is 30.5 Å². The minimum Gasteiger partial charge on any atom is -0.309 e. The molecule has 4 heterocycles. The number of allylic oxidation sites excluding steroid dienone is 2. The second-order valence-corrected chi connectivity index (χ2v) is 15.8. The van der Waals surface area contributed by atoms with Gasteiger partial charge in [0.1, 0.15) is 0 Å². The third-order valence-corrected chi connectivity index (χ3v) is 12.2. The fourth-order valence-corrected chi connectivity index (χ4v) is 9.37. The lowest BCUT2D eigenvalue weighted by molar-refractivity contribution is 0.730. The average Bonchev–Trinajstić information content (AvgIpc) is 3.88. The molecule has 10 aromatic rings. The number of pyridine rings is 1. The summed E-state index contributed by atoms with van der Waals surface area (Å²) in [4.78, 5) is 23.0. The second kappa shape index (κ2) is 14.8. The van der Waals surface area contributed by atoms with Crippen LogP contribution in [0.3, 0.4) is 0 Å². The Morgan fingerprint density at radius 2 is 0.984 bits per heavy atom. The third-order valence-electron chi connectivity index (χ3n) is 12.2. The van der Waals surface area contributed by atoms with Gasteiger partial charge in [0.25, 0.3) is 0 Å². The van der Waals surface area contributed by atoms with Gasteiger partial charge in [0.15, 0.2) is 11.6 Å². The topological polar surface area (TPSA) is 59.7 Å². The fourth-order valence-electron chi connectivity index (χ4n) is 9.37. The van der Waals surface area contributed by atoms with Gasteiger partial charge in [-0.1, -0.05) is 170 Å². The zero-order valence-electron chi connectivity index (χ0n) is 33.6. The van der Waals surface area contributed by atoms with Crippen LogP contribution in [0.25, 0.3) is 83.9 Å². The van der Waals surface area contributed by atoms with Gasteiger partial charge in [-0.3, -0.25) is 0 Å². The van der Waals surface area contributed by atoms with Crippen molar-refractivity contribution < 1.29 is 0 Å². The summed E-state index contributed by atoms with van der Waals surface area (Å²) >= 11 is 0. The Bertz CT molecular complexity index is 3310. The summed E-state index contributed by atoms with van der Waals surface area (Å²) in [5.74, 6) is 2.00. The first kappa shape index (κ1) is 35.7. The maximum Gasteiger partial charge on any atom is 0.234 e. The predicted molar refractivity (Wildman–Crippen MR) is 253 cm³/mol. The number of hydrogen-bond donors (Lipinski definition) is 0. The summed E-state index contributed by atoms with van der Waals surface area (Å²) < 4.78 is 2.41. The molecule has 3 aromatic heterocycles. The van der Waals surface area contributed by atoms with Gasteiger partial charge in [-0.25, -0.2) is 9.97 Å². The normalized spacial score (nSPS) is 15.3. The molecule has 0 fully saturated rings. The molecule has 0 bridgehead atoms. The van der Waals surface area contributed by atoms with Crippen molar-refractivity contribution >= 4 is 33.4 Å². The molecule has 7 aromatic carbocycles. The second-order valence-electron chi connectivity index (χ2n) is 15.8. The van der Waals surface area contributed by atoms with Gasteiger partial charge in [-0.05, 0) is 65.2 Å². The summed E-state index contributed by atoms with van der Waals surface area (Å²) in [5, 5.41) is 2.44. The van der Waals surface area contributed by atoms with E-state index < -0.39 is 0 Å². The Hall–Kier alpha value is -8.22. The van der Waals surface area contributed by atoms with Crippen LogP contribution in [0, 0.1) is 0 Å². The largest absolute Gasteiger partial charge is 0.309 e. The average molecular weight is 795 g/mol. The molecule has 12 rings (SSSR count). The number of nitrogens with zero attached hydrogens (tertiary/aromatic N) is 6. The van der Waals surface area contributed by atoms with Gasteiger partial charge in [0, 0.05) is 50.3 Å². The van der Waals surface area contributed by atoms with Crippen LogP contribution in [0.4, 0.5) is 11.6 Å². The monoisotopic (exact) mass is 794 g/mol. The van der Waals surface area contributed by atoms with E-state index in [-0.39, 0.29) is 12.0 Å². The van der Waals surface area contributed by atoms with Crippen LogP contribution in [0.5, 0.6) is 0 Å². The fraction of sp³-hybridized carbons (Fsp3) is 0.0357. The van der Waals surface area contributed by atoms with Crippen LogP contribution in [-0.2, 0) is 0 Å². The van der Waals surface area contributed by atoms with E-state index in [0.717, 1.165) is 56.0 Å². The first-order chi connectivity index (χ1) is 30.7. The van der Waals surface area contributed by atoms with Crippen LogP contribution < -0.4 is 4.90 Å². The van der Waals surface area contributed by atoms with Gasteiger partial charge < -0.3 is 9.47 Å². The van der Waals surface area contributed by atoms with Gasteiger partial charge in [0.2, 0.25) is 5.95 Å². The van der Waals surface area contributed by atoms with Crippen molar-refractivity contribution in [2.45, 2.75) is 12.0 Å². The summed E-state index contributed by atoms with van der Waals surface area (Å²) in [6.07, 6.45) is 8.94. The highest BCUT2D eigenvalue weighted by Gasteiger charge is 2.41. The van der Waals surface area contributed by atoms with Crippen LogP contribution >= 0.6 is 0 Å². The number of fused-ring (bicyclic) bond motifs is 7. The molecule has 0 radical (unpaired) electrons. The smallest absolute Gasteiger partial charge is 0.234 e. The van der Waals surface area contributed by atoms with Crippen molar-refractivity contribution in [3.63, 3.8) is 0 Å². The lowest BCUT2D eigenvalue weighted by atomic mass is 9.89. The quantitative estimate of drug-likeness (QED) is 0.161. The third kappa shape index (κ3) is 6.03. The van der Waals surface area contributed by atoms with Crippen LogP contribution in [0.2, 0.25) is 0 Å². The van der Waals surface area contributed by atoms with Gasteiger partial charge in [-0.2, -0.15) is 9.97 Å². The number of para-hydroxylation sites is 1. The van der Waals surface area contributed by atoms with E-state index in [1.165, 1.54) is 27.5 Å². The molecule has 1 aliphatic heterocycles. The highest BCUT2D eigenvalue weighted by Crippen LogP contribution is 2.52.